The van der Waals surface area contributed by atoms with E-state index in [0.29, 0.717) is 23.1 Å². The Kier molecular flexibility index (Phi) is 3.94. The van der Waals surface area contributed by atoms with Crippen LogP contribution in [0.4, 0.5) is 0 Å². The second-order valence-corrected chi connectivity index (χ2v) is 6.49. The first-order valence-electron chi connectivity index (χ1n) is 7.11. The molecule has 22 heavy (non-hydrogen) atoms. The van der Waals surface area contributed by atoms with Crippen LogP contribution in [0.15, 0.2) is 24.3 Å². The van der Waals surface area contributed by atoms with Gasteiger partial charge in [0.15, 0.2) is 6.29 Å². The Morgan fingerprint density at radius 3 is 2.82 bits per heavy atom. The first kappa shape index (κ1) is 14.7. The van der Waals surface area contributed by atoms with Crippen LogP contribution in [-0.4, -0.2) is 28.0 Å². The van der Waals surface area contributed by atoms with Gasteiger partial charge in [-0.15, -0.1) is 0 Å². The first-order valence-corrected chi connectivity index (χ1v) is 7.92. The van der Waals surface area contributed by atoms with E-state index in [-0.39, 0.29) is 0 Å². The van der Waals surface area contributed by atoms with Crippen molar-refractivity contribution in [2.45, 2.75) is 20.3 Å². The smallest absolute Gasteiger partial charge is 0.213 e. The van der Waals surface area contributed by atoms with Crippen LogP contribution in [-0.2, 0) is 6.42 Å². The van der Waals surface area contributed by atoms with Gasteiger partial charge in [-0.3, -0.25) is 4.79 Å². The van der Waals surface area contributed by atoms with Gasteiger partial charge in [-0.2, -0.15) is 9.61 Å². The number of ether oxygens (including phenoxy) is 1. The third-order valence-electron chi connectivity index (χ3n) is 3.34. The minimum Gasteiger partial charge on any atom is -0.496 e. The van der Waals surface area contributed by atoms with E-state index in [4.69, 9.17) is 4.74 Å². The predicted molar refractivity (Wildman–Crippen MR) is 86.8 cm³/mol. The maximum atomic E-state index is 11.6. The van der Waals surface area contributed by atoms with Crippen molar-refractivity contribution in [2.24, 2.45) is 5.92 Å². The molecule has 0 amide bonds. The summed E-state index contributed by atoms with van der Waals surface area (Å²) in [6.45, 7) is 4.29. The quantitative estimate of drug-likeness (QED) is 0.676. The molecule has 0 aliphatic heterocycles. The Balaban J connectivity index is 2.15. The van der Waals surface area contributed by atoms with Gasteiger partial charge in [-0.1, -0.05) is 37.3 Å². The maximum absolute atomic E-state index is 11.6. The number of aromatic nitrogens is 3. The fourth-order valence-electron chi connectivity index (χ4n) is 2.38. The summed E-state index contributed by atoms with van der Waals surface area (Å²) in [5.41, 5.74) is 1.88. The Labute approximate surface area is 132 Å². The van der Waals surface area contributed by atoms with Crippen molar-refractivity contribution < 1.29 is 9.53 Å². The van der Waals surface area contributed by atoms with Gasteiger partial charge < -0.3 is 4.74 Å². The number of methoxy groups -OCH3 is 1. The number of rotatable bonds is 5. The third-order valence-corrected chi connectivity index (χ3v) is 4.27. The molecule has 0 unspecified atom stereocenters. The molecule has 6 heteroatoms. The van der Waals surface area contributed by atoms with E-state index in [1.807, 2.05) is 24.3 Å². The zero-order valence-electron chi connectivity index (χ0n) is 12.7. The van der Waals surface area contributed by atoms with Crippen molar-refractivity contribution in [1.82, 2.24) is 14.6 Å². The van der Waals surface area contributed by atoms with Crippen LogP contribution in [0.1, 0.15) is 29.3 Å². The number of nitrogens with zero attached hydrogens (tertiary/aromatic N) is 3. The van der Waals surface area contributed by atoms with Crippen LogP contribution >= 0.6 is 11.3 Å². The summed E-state index contributed by atoms with van der Waals surface area (Å²) < 4.78 is 7.00. The van der Waals surface area contributed by atoms with Crippen molar-refractivity contribution in [3.8, 4) is 17.0 Å². The van der Waals surface area contributed by atoms with E-state index < -0.39 is 0 Å². The highest BCUT2D eigenvalue weighted by Gasteiger charge is 2.20. The van der Waals surface area contributed by atoms with Crippen LogP contribution in [0.2, 0.25) is 0 Å². The summed E-state index contributed by atoms with van der Waals surface area (Å²) in [6.07, 6.45) is 1.69. The molecule has 0 saturated carbocycles. The Morgan fingerprint density at radius 2 is 2.14 bits per heavy atom. The summed E-state index contributed by atoms with van der Waals surface area (Å²) in [4.78, 5) is 16.9. The molecule has 3 aromatic rings. The van der Waals surface area contributed by atoms with Crippen LogP contribution < -0.4 is 4.74 Å². The molecule has 0 radical (unpaired) electrons. The Morgan fingerprint density at radius 1 is 1.36 bits per heavy atom. The molecular weight excluding hydrogens is 298 g/mol. The highest BCUT2D eigenvalue weighted by Crippen LogP contribution is 2.32. The van der Waals surface area contributed by atoms with Gasteiger partial charge in [0.05, 0.1) is 7.11 Å². The third kappa shape index (κ3) is 2.50. The van der Waals surface area contributed by atoms with E-state index in [1.165, 1.54) is 11.3 Å². The predicted octanol–water partition coefficient (Wildman–Crippen LogP) is 3.48. The normalized spacial score (nSPS) is 11.3. The molecule has 3 rings (SSSR count). The highest BCUT2D eigenvalue weighted by molar-refractivity contribution is 7.16. The van der Waals surface area contributed by atoms with E-state index in [2.05, 4.69) is 23.9 Å². The molecule has 0 aliphatic carbocycles. The lowest BCUT2D eigenvalue weighted by Crippen LogP contribution is -1.98. The number of fused-ring (bicyclic) bond motifs is 1. The number of benzene rings is 1. The summed E-state index contributed by atoms with van der Waals surface area (Å²) in [7, 11) is 1.61. The number of carbonyl (C=O) groups excluding carboxylic acids is 1. The lowest BCUT2D eigenvalue weighted by atomic mass is 10.1. The standard InChI is InChI=1S/C16H17N3O2S/c1-10(2)8-14-18-19-12(9-20)15(17-16(19)22-14)11-6-4-5-7-13(11)21-3/h4-7,9-10H,8H2,1-3H3. The SMILES string of the molecule is COc1ccccc1-c1nc2sc(CC(C)C)nn2c1C=O. The van der Waals surface area contributed by atoms with Gasteiger partial charge in [0.25, 0.3) is 0 Å². The van der Waals surface area contributed by atoms with Crippen LogP contribution in [0.5, 0.6) is 5.75 Å². The fourth-order valence-corrected chi connectivity index (χ4v) is 3.49. The second-order valence-electron chi connectivity index (χ2n) is 5.45. The molecule has 1 aromatic carbocycles. The zero-order valence-corrected chi connectivity index (χ0v) is 13.6. The number of aldehydes is 1. The van der Waals surface area contributed by atoms with Gasteiger partial charge in [0.2, 0.25) is 4.96 Å². The Bertz CT molecular complexity index is 820. The topological polar surface area (TPSA) is 56.5 Å². The van der Waals surface area contributed by atoms with Gasteiger partial charge in [0.1, 0.15) is 22.1 Å². The molecule has 5 nitrogen and oxygen atoms in total. The molecule has 0 spiro atoms. The monoisotopic (exact) mass is 315 g/mol. The van der Waals surface area contributed by atoms with Crippen LogP contribution in [0, 0.1) is 5.92 Å². The number of carbonyl (C=O) groups is 1. The molecule has 0 bridgehead atoms. The lowest BCUT2D eigenvalue weighted by molar-refractivity contribution is 0.111. The molecular formula is C16H17N3O2S. The van der Waals surface area contributed by atoms with Gasteiger partial charge >= 0.3 is 0 Å². The van der Waals surface area contributed by atoms with Crippen molar-refractivity contribution in [1.29, 1.82) is 0 Å². The molecule has 114 valence electrons. The van der Waals surface area contributed by atoms with Gasteiger partial charge in [-0.25, -0.2) is 4.98 Å². The van der Waals surface area contributed by atoms with E-state index >= 15 is 0 Å². The minimum atomic E-state index is 0.464. The first-order chi connectivity index (χ1) is 10.6. The molecule has 0 fully saturated rings. The molecule has 0 atom stereocenters. The van der Waals surface area contributed by atoms with Crippen molar-refractivity contribution in [3.05, 3.63) is 35.0 Å². The average Bonchev–Trinajstić information content (AvgIpc) is 3.02. The number of para-hydroxylation sites is 1. The van der Waals surface area contributed by atoms with E-state index in [1.54, 1.807) is 11.6 Å². The molecule has 2 heterocycles. The van der Waals surface area contributed by atoms with Gasteiger partial charge in [-0.05, 0) is 18.1 Å². The number of imidazole rings is 1. The fraction of sp³-hybridized carbons (Fsp3) is 0.312. The largest absolute Gasteiger partial charge is 0.496 e. The minimum absolute atomic E-state index is 0.464. The second kappa shape index (κ2) is 5.88. The van der Waals surface area contributed by atoms with Crippen LogP contribution in [0.3, 0.4) is 0 Å². The zero-order chi connectivity index (χ0) is 15.7. The summed E-state index contributed by atoms with van der Waals surface area (Å²) in [5, 5.41) is 5.52. The molecule has 0 N–H and O–H groups in total. The van der Waals surface area contributed by atoms with E-state index in [9.17, 15) is 4.79 Å². The Hall–Kier alpha value is -2.21. The molecule has 2 aromatic heterocycles. The van der Waals surface area contributed by atoms with Gasteiger partial charge in [0, 0.05) is 12.0 Å². The highest BCUT2D eigenvalue weighted by atomic mass is 32.1. The van der Waals surface area contributed by atoms with Crippen molar-refractivity contribution >= 4 is 22.6 Å². The summed E-state index contributed by atoms with van der Waals surface area (Å²) in [5.74, 6) is 1.21. The van der Waals surface area contributed by atoms with Crippen molar-refractivity contribution in [2.75, 3.05) is 7.11 Å². The van der Waals surface area contributed by atoms with E-state index in [0.717, 1.165) is 28.2 Å². The summed E-state index contributed by atoms with van der Waals surface area (Å²) >= 11 is 1.53. The molecule has 0 aliphatic rings. The maximum Gasteiger partial charge on any atom is 0.213 e. The lowest BCUT2D eigenvalue weighted by Gasteiger charge is -2.06. The van der Waals surface area contributed by atoms with Crippen molar-refractivity contribution in [3.63, 3.8) is 0 Å². The van der Waals surface area contributed by atoms with Crippen LogP contribution in [0.25, 0.3) is 16.2 Å². The number of hydrogen-bond donors (Lipinski definition) is 0. The molecule has 0 saturated heterocycles. The summed E-state index contributed by atoms with van der Waals surface area (Å²) in [6, 6.07) is 7.54. The number of hydrogen-bond acceptors (Lipinski definition) is 5. The average molecular weight is 315 g/mol.